The number of rotatable bonds is 2. The van der Waals surface area contributed by atoms with E-state index in [9.17, 15) is 4.39 Å². The summed E-state index contributed by atoms with van der Waals surface area (Å²) in [5.41, 5.74) is 6.72. The second kappa shape index (κ2) is 4.92. The smallest absolute Gasteiger partial charge is 0.148 e. The lowest BCUT2D eigenvalue weighted by atomic mass is 10.1. The maximum atomic E-state index is 13.8. The zero-order valence-electron chi connectivity index (χ0n) is 10.5. The molecule has 0 saturated carbocycles. The molecule has 1 aliphatic rings. The van der Waals surface area contributed by atoms with Crippen LogP contribution in [0.5, 0.6) is 0 Å². The van der Waals surface area contributed by atoms with Crippen molar-refractivity contribution in [1.82, 2.24) is 4.90 Å². The predicted molar refractivity (Wildman–Crippen MR) is 69.7 cm³/mol. The van der Waals surface area contributed by atoms with Crippen LogP contribution in [0.25, 0.3) is 0 Å². The minimum Gasteiger partial charge on any atom is -0.399 e. The number of nitrogens with two attached hydrogens (primary N) is 1. The number of likely N-dealkylation sites (N-methyl/N-ethyl adjacent to an activating group) is 1. The van der Waals surface area contributed by atoms with Crippen LogP contribution in [-0.4, -0.2) is 37.6 Å². The summed E-state index contributed by atoms with van der Waals surface area (Å²) in [6, 6.07) is 5.44. The molecule has 1 fully saturated rings. The minimum atomic E-state index is -0.218. The van der Waals surface area contributed by atoms with E-state index in [-0.39, 0.29) is 5.82 Å². The second-order valence-corrected chi connectivity index (χ2v) is 4.70. The van der Waals surface area contributed by atoms with Crippen LogP contribution in [0.15, 0.2) is 18.2 Å². The lowest BCUT2D eigenvalue weighted by molar-refractivity contribution is 0.213. The molecule has 0 radical (unpaired) electrons. The van der Waals surface area contributed by atoms with Crippen LogP contribution in [-0.2, 0) is 0 Å². The third-order valence-electron chi connectivity index (χ3n) is 3.56. The molecule has 4 heteroatoms. The van der Waals surface area contributed by atoms with Gasteiger partial charge >= 0.3 is 0 Å². The Balaban J connectivity index is 2.17. The van der Waals surface area contributed by atoms with Gasteiger partial charge in [0, 0.05) is 31.4 Å². The largest absolute Gasteiger partial charge is 0.399 e. The number of hydrogen-bond donors (Lipinski definition) is 1. The molecule has 94 valence electrons. The summed E-state index contributed by atoms with van der Waals surface area (Å²) >= 11 is 0. The molecule has 0 bridgehead atoms. The molecule has 1 aliphatic heterocycles. The summed E-state index contributed by atoms with van der Waals surface area (Å²) < 4.78 is 13.8. The average molecular weight is 237 g/mol. The Hall–Kier alpha value is -1.29. The molecular formula is C13H20FN3. The standard InChI is InChI=1S/C13H20FN3/c1-3-11-9-17(7-6-16(11)2)13-5-4-10(15)8-12(13)14/h4-5,8,11H,3,6-7,9,15H2,1-2H3. The van der Waals surface area contributed by atoms with E-state index >= 15 is 0 Å². The van der Waals surface area contributed by atoms with Gasteiger partial charge in [-0.05, 0) is 31.7 Å². The van der Waals surface area contributed by atoms with Crippen LogP contribution in [0.4, 0.5) is 15.8 Å². The highest BCUT2D eigenvalue weighted by Gasteiger charge is 2.24. The number of piperazine rings is 1. The van der Waals surface area contributed by atoms with E-state index in [1.807, 2.05) is 0 Å². The molecule has 17 heavy (non-hydrogen) atoms. The molecule has 3 nitrogen and oxygen atoms in total. The quantitative estimate of drug-likeness (QED) is 0.798. The highest BCUT2D eigenvalue weighted by Crippen LogP contribution is 2.24. The van der Waals surface area contributed by atoms with Gasteiger partial charge in [-0.2, -0.15) is 0 Å². The Morgan fingerprint density at radius 2 is 2.18 bits per heavy atom. The fourth-order valence-corrected chi connectivity index (χ4v) is 2.39. The zero-order valence-corrected chi connectivity index (χ0v) is 10.5. The third-order valence-corrected chi connectivity index (χ3v) is 3.56. The fourth-order valence-electron chi connectivity index (χ4n) is 2.39. The summed E-state index contributed by atoms with van der Waals surface area (Å²) in [5, 5.41) is 0. The Bertz CT molecular complexity index is 394. The van der Waals surface area contributed by atoms with Crippen LogP contribution in [0.2, 0.25) is 0 Å². The van der Waals surface area contributed by atoms with Gasteiger partial charge in [0.1, 0.15) is 5.82 Å². The first-order chi connectivity index (χ1) is 8.11. The van der Waals surface area contributed by atoms with Gasteiger partial charge in [0.25, 0.3) is 0 Å². The van der Waals surface area contributed by atoms with Crippen molar-refractivity contribution in [2.75, 3.05) is 37.3 Å². The van der Waals surface area contributed by atoms with Crippen molar-refractivity contribution in [2.45, 2.75) is 19.4 Å². The van der Waals surface area contributed by atoms with Gasteiger partial charge < -0.3 is 10.6 Å². The normalized spacial score (nSPS) is 21.8. The molecule has 2 rings (SSSR count). The summed E-state index contributed by atoms with van der Waals surface area (Å²) in [5.74, 6) is -0.218. The molecule has 1 aromatic rings. The molecule has 1 saturated heterocycles. The van der Waals surface area contributed by atoms with Crippen molar-refractivity contribution in [3.63, 3.8) is 0 Å². The molecule has 1 unspecified atom stereocenters. The van der Waals surface area contributed by atoms with Gasteiger partial charge in [0.15, 0.2) is 0 Å². The molecule has 0 amide bonds. The topological polar surface area (TPSA) is 32.5 Å². The highest BCUT2D eigenvalue weighted by molar-refractivity contribution is 5.54. The minimum absolute atomic E-state index is 0.218. The molecule has 0 spiro atoms. The molecule has 0 aromatic heterocycles. The predicted octanol–water partition coefficient (Wildman–Crippen LogP) is 1.94. The van der Waals surface area contributed by atoms with Gasteiger partial charge in [0.2, 0.25) is 0 Å². The summed E-state index contributed by atoms with van der Waals surface area (Å²) in [4.78, 5) is 4.45. The summed E-state index contributed by atoms with van der Waals surface area (Å²) in [7, 11) is 2.13. The molecule has 1 aromatic carbocycles. The van der Waals surface area contributed by atoms with Crippen LogP contribution < -0.4 is 10.6 Å². The van der Waals surface area contributed by atoms with E-state index in [1.54, 1.807) is 12.1 Å². The molecule has 0 aliphatic carbocycles. The Labute approximate surface area is 102 Å². The van der Waals surface area contributed by atoms with E-state index in [4.69, 9.17) is 5.73 Å². The molecule has 1 atom stereocenters. The third kappa shape index (κ3) is 2.52. The Morgan fingerprint density at radius 3 is 2.82 bits per heavy atom. The Morgan fingerprint density at radius 1 is 1.41 bits per heavy atom. The number of anilines is 2. The van der Waals surface area contributed by atoms with Crippen LogP contribution in [0.3, 0.4) is 0 Å². The maximum Gasteiger partial charge on any atom is 0.148 e. The van der Waals surface area contributed by atoms with Gasteiger partial charge in [-0.25, -0.2) is 4.39 Å². The van der Waals surface area contributed by atoms with Gasteiger partial charge in [0.05, 0.1) is 5.69 Å². The molecule has 2 N–H and O–H groups in total. The van der Waals surface area contributed by atoms with Crippen molar-refractivity contribution in [2.24, 2.45) is 0 Å². The van der Waals surface area contributed by atoms with Crippen molar-refractivity contribution in [1.29, 1.82) is 0 Å². The van der Waals surface area contributed by atoms with E-state index in [1.165, 1.54) is 6.07 Å². The van der Waals surface area contributed by atoms with Gasteiger partial charge in [-0.3, -0.25) is 4.90 Å². The monoisotopic (exact) mass is 237 g/mol. The number of benzene rings is 1. The van der Waals surface area contributed by atoms with Crippen LogP contribution in [0.1, 0.15) is 13.3 Å². The number of nitrogens with zero attached hydrogens (tertiary/aromatic N) is 2. The van der Waals surface area contributed by atoms with E-state index in [0.29, 0.717) is 17.4 Å². The fraction of sp³-hybridized carbons (Fsp3) is 0.538. The van der Waals surface area contributed by atoms with Crippen molar-refractivity contribution >= 4 is 11.4 Å². The van der Waals surface area contributed by atoms with Crippen LogP contribution in [0, 0.1) is 5.82 Å². The lowest BCUT2D eigenvalue weighted by Gasteiger charge is -2.40. The van der Waals surface area contributed by atoms with E-state index in [0.717, 1.165) is 26.1 Å². The summed E-state index contributed by atoms with van der Waals surface area (Å²) in [6.07, 6.45) is 1.09. The van der Waals surface area contributed by atoms with Crippen molar-refractivity contribution in [3.05, 3.63) is 24.0 Å². The molecule has 1 heterocycles. The second-order valence-electron chi connectivity index (χ2n) is 4.70. The number of halogens is 1. The average Bonchev–Trinajstić information content (AvgIpc) is 2.30. The van der Waals surface area contributed by atoms with Crippen LogP contribution >= 0.6 is 0 Å². The molecular weight excluding hydrogens is 217 g/mol. The van der Waals surface area contributed by atoms with E-state index in [2.05, 4.69) is 23.8 Å². The first-order valence-corrected chi connectivity index (χ1v) is 6.12. The van der Waals surface area contributed by atoms with Gasteiger partial charge in [-0.15, -0.1) is 0 Å². The zero-order chi connectivity index (χ0) is 12.4. The highest BCUT2D eigenvalue weighted by atomic mass is 19.1. The Kier molecular flexibility index (Phi) is 3.52. The lowest BCUT2D eigenvalue weighted by Crippen LogP contribution is -2.51. The number of hydrogen-bond acceptors (Lipinski definition) is 3. The summed E-state index contributed by atoms with van der Waals surface area (Å²) in [6.45, 7) is 4.90. The first kappa shape index (κ1) is 12.2. The van der Waals surface area contributed by atoms with Gasteiger partial charge in [-0.1, -0.05) is 6.92 Å². The van der Waals surface area contributed by atoms with Crippen molar-refractivity contribution in [3.8, 4) is 0 Å². The van der Waals surface area contributed by atoms with E-state index < -0.39 is 0 Å². The number of nitrogen functional groups attached to an aromatic ring is 1. The van der Waals surface area contributed by atoms with Crippen molar-refractivity contribution < 1.29 is 4.39 Å². The maximum absolute atomic E-state index is 13.8. The first-order valence-electron chi connectivity index (χ1n) is 6.12. The SMILES string of the molecule is CCC1CN(c2ccc(N)cc2F)CCN1C.